The largest absolute Gasteiger partial charge is 3.00 e. The van der Waals surface area contributed by atoms with Crippen LogP contribution in [0.1, 0.15) is 0 Å². The number of diazo groups is 1. The molecule has 76 valence electrons. The van der Waals surface area contributed by atoms with Gasteiger partial charge in [0.1, 0.15) is 0 Å². The summed E-state index contributed by atoms with van der Waals surface area (Å²) < 4.78 is 0.981. The Bertz CT molecular complexity index is 251. The summed E-state index contributed by atoms with van der Waals surface area (Å²) in [5, 5.41) is 8.24. The molecule has 0 unspecified atom stereocenters. The van der Waals surface area contributed by atoms with Gasteiger partial charge in [0.05, 0.1) is 0 Å². The molecule has 2 nitrogen and oxygen atoms in total. The molecule has 0 radical (unpaired) electrons. The molecule has 0 spiro atoms. The molecule has 0 amide bonds. The Morgan fingerprint density at radius 3 is 1.57 bits per heavy atom. The topological polar surface area (TPSA) is 28.1 Å². The zero-order valence-electron chi connectivity index (χ0n) is 6.67. The van der Waals surface area contributed by atoms with Crippen LogP contribution in [0, 0.1) is 5.39 Å². The number of benzene rings is 1. The van der Waals surface area contributed by atoms with Crippen LogP contribution in [0.15, 0.2) is 28.7 Å². The zero-order chi connectivity index (χ0) is 6.69. The first-order chi connectivity index (χ1) is 4.33. The van der Waals surface area contributed by atoms with Gasteiger partial charge in [0.15, 0.2) is 4.98 Å². The second-order valence-electron chi connectivity index (χ2n) is 1.58. The van der Waals surface area contributed by atoms with E-state index in [1.807, 2.05) is 12.1 Å². The molecule has 0 aliphatic heterocycles. The molecule has 0 aliphatic rings. The van der Waals surface area contributed by atoms with E-state index in [1.54, 1.807) is 12.1 Å². The number of rotatable bonds is 0. The third kappa shape index (κ3) is 9.00. The van der Waals surface area contributed by atoms with Gasteiger partial charge in [-0.15, -0.1) is 0 Å². The van der Waals surface area contributed by atoms with E-state index in [0.717, 1.165) is 4.47 Å². The normalized spacial score (nSPS) is 5.43. The molecule has 0 bridgehead atoms. The molecule has 0 N–H and O–H groups in total. The van der Waals surface area contributed by atoms with Crippen molar-refractivity contribution in [1.29, 1.82) is 5.39 Å². The van der Waals surface area contributed by atoms with Crippen molar-refractivity contribution in [3.05, 3.63) is 33.7 Å². The van der Waals surface area contributed by atoms with Crippen molar-refractivity contribution in [2.45, 2.75) is 0 Å². The Labute approximate surface area is 88.5 Å². The van der Waals surface area contributed by atoms with Crippen LogP contribution >= 0.6 is 15.9 Å². The van der Waals surface area contributed by atoms with Crippen molar-refractivity contribution >= 4 is 30.0 Å². The van der Waals surface area contributed by atoms with Crippen LogP contribution in [-0.4, -0.2) is 8.41 Å². The van der Waals surface area contributed by atoms with Gasteiger partial charge in [0.2, 0.25) is 5.39 Å². The maximum atomic E-state index is 8.24. The van der Waals surface area contributed by atoms with Crippen LogP contribution in [0.5, 0.6) is 0 Å². The fourth-order valence-corrected chi connectivity index (χ4v) is 0.772. The van der Waals surface area contributed by atoms with Crippen LogP contribution in [0.4, 0.5) is 5.69 Å². The quantitative estimate of drug-likeness (QED) is 0.262. The minimum atomic E-state index is 0. The molecule has 0 aliphatic carbocycles. The van der Waals surface area contributed by atoms with Gasteiger partial charge in [0.25, 0.3) is 0 Å². The van der Waals surface area contributed by atoms with Gasteiger partial charge in [-0.1, -0.05) is 15.9 Å². The van der Waals surface area contributed by atoms with Crippen molar-refractivity contribution in [2.24, 2.45) is 0 Å². The first-order valence-electron chi connectivity index (χ1n) is 2.43. The van der Waals surface area contributed by atoms with Crippen molar-refractivity contribution < 1.29 is 18.8 Å². The third-order valence-corrected chi connectivity index (χ3v) is 1.47. The molecule has 0 atom stereocenters. The Kier molecular flexibility index (Phi) is 30.2. The van der Waals surface area contributed by atoms with Crippen LogP contribution in [0.2, 0.25) is 0 Å². The Morgan fingerprint density at radius 2 is 1.29 bits per heavy atom. The molecule has 8 heteroatoms. The minimum Gasteiger partial charge on any atom is -1.00 e. The van der Waals surface area contributed by atoms with Crippen LogP contribution < -0.4 is 18.8 Å². The van der Waals surface area contributed by atoms with Crippen molar-refractivity contribution in [3.63, 3.8) is 0 Å². The van der Waals surface area contributed by atoms with E-state index < -0.39 is 0 Å². The summed E-state index contributed by atoms with van der Waals surface area (Å²) in [4.78, 5) is 2.99. The number of nitrogens with zero attached hydrogens (tertiary/aromatic N) is 2. The molecule has 1 rings (SSSR count). The Morgan fingerprint density at radius 1 is 0.929 bits per heavy atom. The van der Waals surface area contributed by atoms with Gasteiger partial charge >= 0.3 is 14.1 Å². The minimum absolute atomic E-state index is 0. The first-order valence-corrected chi connectivity index (χ1v) is 3.23. The maximum Gasteiger partial charge on any atom is 3.00 e. The van der Waals surface area contributed by atoms with Gasteiger partial charge in [-0.2, -0.15) is 0 Å². The molecule has 14 heavy (non-hydrogen) atoms. The van der Waals surface area contributed by atoms with E-state index in [4.69, 9.17) is 5.39 Å². The van der Waals surface area contributed by atoms with Gasteiger partial charge in [-0.3, -0.25) is 0 Å². The third-order valence-electron chi connectivity index (χ3n) is 0.942. The summed E-state index contributed by atoms with van der Waals surface area (Å²) in [5.41, 5.74) is 0.568. The van der Waals surface area contributed by atoms with Gasteiger partial charge in [-0.05, 0) is 12.1 Å². The van der Waals surface area contributed by atoms with Gasteiger partial charge in [0, 0.05) is 16.6 Å². The monoisotopic (exact) mass is 270 g/mol. The summed E-state index contributed by atoms with van der Waals surface area (Å²) >= 11 is 3.25. The Hall–Kier alpha value is -1.10. The zero-order valence-corrected chi connectivity index (χ0v) is 8.26. The van der Waals surface area contributed by atoms with E-state index in [1.165, 1.54) is 0 Å². The molecular weight excluding hydrogens is 267 g/mol. The van der Waals surface area contributed by atoms with E-state index in [0.29, 0.717) is 5.69 Å². The van der Waals surface area contributed by atoms with E-state index in [-0.39, 0.29) is 27.2 Å². The predicted molar refractivity (Wildman–Crippen MR) is 44.6 cm³/mol. The van der Waals surface area contributed by atoms with Gasteiger partial charge < -0.3 is 18.8 Å². The predicted octanol–water partition coefficient (Wildman–Crippen LogP) is -9.43. The summed E-state index contributed by atoms with van der Waals surface area (Å²) in [7, 11) is 0. The molecule has 1 aromatic carbocycles. The van der Waals surface area contributed by atoms with E-state index in [9.17, 15) is 0 Å². The van der Waals surface area contributed by atoms with Gasteiger partial charge in [-0.25, -0.2) is 0 Å². The second-order valence-corrected chi connectivity index (χ2v) is 2.49. The fourth-order valence-electron chi connectivity index (χ4n) is 0.508. The van der Waals surface area contributed by atoms with Crippen LogP contribution in [0.25, 0.3) is 4.98 Å². The van der Waals surface area contributed by atoms with Crippen LogP contribution in [-0.2, 0) is 0 Å². The standard InChI is InChI=1S/C6H4BrN2.B.4FH/c7-5-1-3-6(9-8)4-2-5;;;;;/h1-4H;;4*1H/q+1;+3;;;;/p-4. The summed E-state index contributed by atoms with van der Waals surface area (Å²) in [6.07, 6.45) is 0. The molecular formula is C6H4BBrF4N2. The molecule has 0 aromatic heterocycles. The maximum absolute atomic E-state index is 8.24. The number of hydrogen-bond acceptors (Lipinski definition) is 1. The molecule has 0 saturated carbocycles. The molecule has 1 aromatic rings. The summed E-state index contributed by atoms with van der Waals surface area (Å²) in [5.74, 6) is 0. The second kappa shape index (κ2) is 14.4. The first kappa shape index (κ1) is 29.3. The summed E-state index contributed by atoms with van der Waals surface area (Å²) in [6, 6.07) is 7.05. The van der Waals surface area contributed by atoms with Crippen molar-refractivity contribution in [2.75, 3.05) is 0 Å². The molecule has 0 heterocycles. The molecule has 0 saturated heterocycles. The smallest absolute Gasteiger partial charge is 1.00 e. The molecule has 0 fully saturated rings. The SMILES string of the molecule is N#[N+]c1ccc(Br)cc1.[B+3].[F-].[F-].[F-].[F-]. The van der Waals surface area contributed by atoms with E-state index in [2.05, 4.69) is 20.9 Å². The summed E-state index contributed by atoms with van der Waals surface area (Å²) in [6.45, 7) is 0. The van der Waals surface area contributed by atoms with Crippen molar-refractivity contribution in [3.8, 4) is 0 Å². The number of hydrogen-bond donors (Lipinski definition) is 0. The number of halogens is 5. The Balaban J connectivity index is -0.0000000540. The average Bonchev–Trinajstić information content (AvgIpc) is 1.90. The van der Waals surface area contributed by atoms with Crippen molar-refractivity contribution in [1.82, 2.24) is 0 Å². The average molecular weight is 271 g/mol. The van der Waals surface area contributed by atoms with Crippen LogP contribution in [0.3, 0.4) is 0 Å². The fraction of sp³-hybridized carbons (Fsp3) is 0. The van der Waals surface area contributed by atoms with E-state index >= 15 is 0 Å².